The predicted octanol–water partition coefficient (Wildman–Crippen LogP) is 5.27. The van der Waals surface area contributed by atoms with E-state index in [9.17, 15) is 18.0 Å². The molecule has 0 aliphatic carbocycles. The lowest BCUT2D eigenvalue weighted by molar-refractivity contribution is -0.141. The molecule has 1 aromatic heterocycles. The number of rotatable bonds is 7. The first-order chi connectivity index (χ1) is 16.7. The third kappa shape index (κ3) is 5.42. The molecule has 1 fully saturated rings. The van der Waals surface area contributed by atoms with Crippen LogP contribution in [0, 0.1) is 0 Å². The number of aldehydes is 1. The van der Waals surface area contributed by atoms with E-state index < -0.39 is 22.9 Å². The standard InChI is InChI=1S/C24H23Cl2F3N4O2/c1-35-20-13-17(7-8-19(20)25)31-9-11-32(12-10-31)18(15-34)14-33-22(16-5-3-2-4-6-16)21(26)23(30-33)24(27,28)29/h2-8,13,15,18H,9-12,14H2,1H3. The molecule has 0 amide bonds. The summed E-state index contributed by atoms with van der Waals surface area (Å²) in [6.45, 7) is 2.26. The van der Waals surface area contributed by atoms with Crippen molar-refractivity contribution in [2.45, 2.75) is 18.8 Å². The lowest BCUT2D eigenvalue weighted by Crippen LogP contribution is -2.52. The van der Waals surface area contributed by atoms with E-state index in [1.165, 1.54) is 4.68 Å². The number of hydrogen-bond acceptors (Lipinski definition) is 5. The summed E-state index contributed by atoms with van der Waals surface area (Å²) in [5, 5.41) is 3.81. The van der Waals surface area contributed by atoms with E-state index in [0.717, 1.165) is 12.0 Å². The maximum Gasteiger partial charge on any atom is 0.436 e. The van der Waals surface area contributed by atoms with Gasteiger partial charge in [0, 0.05) is 43.5 Å². The van der Waals surface area contributed by atoms with Gasteiger partial charge in [-0.1, -0.05) is 53.5 Å². The van der Waals surface area contributed by atoms with Crippen molar-refractivity contribution in [2.24, 2.45) is 0 Å². The van der Waals surface area contributed by atoms with E-state index in [1.54, 1.807) is 43.5 Å². The van der Waals surface area contributed by atoms with Crippen LogP contribution in [-0.4, -0.2) is 60.3 Å². The third-order valence-corrected chi connectivity index (χ3v) is 6.68. The summed E-state index contributed by atoms with van der Waals surface area (Å²) in [6.07, 6.45) is -3.97. The normalized spacial score (nSPS) is 15.8. The van der Waals surface area contributed by atoms with Gasteiger partial charge in [-0.3, -0.25) is 9.58 Å². The smallest absolute Gasteiger partial charge is 0.436 e. The Morgan fingerprint density at radius 3 is 2.37 bits per heavy atom. The van der Waals surface area contributed by atoms with Crippen LogP contribution in [0.4, 0.5) is 18.9 Å². The van der Waals surface area contributed by atoms with Crippen molar-refractivity contribution >= 4 is 35.2 Å². The van der Waals surface area contributed by atoms with Gasteiger partial charge in [-0.05, 0) is 12.1 Å². The first kappa shape index (κ1) is 25.3. The van der Waals surface area contributed by atoms with Crippen molar-refractivity contribution in [3.05, 3.63) is 64.3 Å². The number of anilines is 1. The van der Waals surface area contributed by atoms with Gasteiger partial charge in [-0.25, -0.2) is 0 Å². The number of nitrogens with zero attached hydrogens (tertiary/aromatic N) is 4. The van der Waals surface area contributed by atoms with Crippen LogP contribution >= 0.6 is 23.2 Å². The number of halogens is 5. The number of aromatic nitrogens is 2. The minimum atomic E-state index is -4.71. The zero-order valence-electron chi connectivity index (χ0n) is 18.8. The zero-order valence-corrected chi connectivity index (χ0v) is 20.3. The second-order valence-electron chi connectivity index (χ2n) is 8.10. The second kappa shape index (κ2) is 10.5. The van der Waals surface area contributed by atoms with Crippen LogP contribution in [0.25, 0.3) is 11.3 Å². The van der Waals surface area contributed by atoms with Gasteiger partial charge in [0.15, 0.2) is 5.69 Å². The van der Waals surface area contributed by atoms with E-state index in [-0.39, 0.29) is 12.2 Å². The van der Waals surface area contributed by atoms with Gasteiger partial charge in [-0.15, -0.1) is 0 Å². The summed E-state index contributed by atoms with van der Waals surface area (Å²) in [4.78, 5) is 16.1. The molecule has 4 rings (SSSR count). The van der Waals surface area contributed by atoms with Gasteiger partial charge in [0.25, 0.3) is 0 Å². The molecule has 186 valence electrons. The molecule has 1 saturated heterocycles. The molecule has 0 N–H and O–H groups in total. The topological polar surface area (TPSA) is 50.6 Å². The first-order valence-electron chi connectivity index (χ1n) is 10.9. The molecular weight excluding hydrogens is 504 g/mol. The van der Waals surface area contributed by atoms with Crippen LogP contribution in [0.1, 0.15) is 5.69 Å². The number of benzene rings is 2. The maximum absolute atomic E-state index is 13.6. The van der Waals surface area contributed by atoms with Crippen molar-refractivity contribution in [3.63, 3.8) is 0 Å². The van der Waals surface area contributed by atoms with Crippen molar-refractivity contribution in [3.8, 4) is 17.0 Å². The fourth-order valence-corrected chi connectivity index (χ4v) is 4.75. The summed E-state index contributed by atoms with van der Waals surface area (Å²) in [5.74, 6) is 0.571. The highest BCUT2D eigenvalue weighted by atomic mass is 35.5. The highest BCUT2D eigenvalue weighted by Gasteiger charge is 2.39. The Kier molecular flexibility index (Phi) is 7.59. The third-order valence-electron chi connectivity index (χ3n) is 6.01. The van der Waals surface area contributed by atoms with Gasteiger partial charge in [0.1, 0.15) is 12.0 Å². The molecule has 1 atom stereocenters. The lowest BCUT2D eigenvalue weighted by Gasteiger charge is -2.38. The fourth-order valence-electron chi connectivity index (χ4n) is 4.20. The average molecular weight is 527 g/mol. The number of piperazine rings is 1. The molecule has 0 saturated carbocycles. The summed E-state index contributed by atoms with van der Waals surface area (Å²) in [5.41, 5.74) is 0.405. The fraction of sp³-hybridized carbons (Fsp3) is 0.333. The Bertz CT molecular complexity index is 1180. The van der Waals surface area contributed by atoms with E-state index in [1.807, 2.05) is 17.0 Å². The van der Waals surface area contributed by atoms with Crippen LogP contribution in [0.2, 0.25) is 10.0 Å². The SMILES string of the molecule is COc1cc(N2CCN(C(C=O)Cn3nc(C(F)(F)F)c(Cl)c3-c3ccccc3)CC2)ccc1Cl. The summed E-state index contributed by atoms with van der Waals surface area (Å²) < 4.78 is 47.1. The highest BCUT2D eigenvalue weighted by Crippen LogP contribution is 2.39. The number of methoxy groups -OCH3 is 1. The minimum absolute atomic E-state index is 0.0572. The molecule has 35 heavy (non-hydrogen) atoms. The summed E-state index contributed by atoms with van der Waals surface area (Å²) in [6, 6.07) is 13.3. The van der Waals surface area contributed by atoms with E-state index in [0.29, 0.717) is 42.5 Å². The Balaban J connectivity index is 1.54. The number of alkyl halides is 3. The largest absolute Gasteiger partial charge is 0.495 e. The van der Waals surface area contributed by atoms with Crippen molar-refractivity contribution < 1.29 is 22.7 Å². The van der Waals surface area contributed by atoms with Crippen molar-refractivity contribution in [1.29, 1.82) is 0 Å². The lowest BCUT2D eigenvalue weighted by atomic mass is 10.1. The van der Waals surface area contributed by atoms with E-state index >= 15 is 0 Å². The van der Waals surface area contributed by atoms with Crippen LogP contribution < -0.4 is 9.64 Å². The Morgan fingerprint density at radius 2 is 1.77 bits per heavy atom. The number of carbonyl (C=O) groups excluding carboxylic acids is 1. The van der Waals surface area contributed by atoms with Crippen LogP contribution in [0.5, 0.6) is 5.75 Å². The monoisotopic (exact) mass is 526 g/mol. The van der Waals surface area contributed by atoms with E-state index in [2.05, 4.69) is 10.00 Å². The van der Waals surface area contributed by atoms with Gasteiger partial charge < -0.3 is 14.4 Å². The zero-order chi connectivity index (χ0) is 25.2. The number of hydrogen-bond donors (Lipinski definition) is 0. The highest BCUT2D eigenvalue weighted by molar-refractivity contribution is 6.34. The van der Waals surface area contributed by atoms with Gasteiger partial charge in [0.05, 0.1) is 35.4 Å². The van der Waals surface area contributed by atoms with Gasteiger partial charge in [0.2, 0.25) is 0 Å². The number of ether oxygens (including phenoxy) is 1. The molecule has 2 aromatic carbocycles. The molecule has 6 nitrogen and oxygen atoms in total. The minimum Gasteiger partial charge on any atom is -0.495 e. The van der Waals surface area contributed by atoms with Gasteiger partial charge >= 0.3 is 6.18 Å². The van der Waals surface area contributed by atoms with Crippen LogP contribution in [-0.2, 0) is 17.5 Å². The molecular formula is C24H23Cl2F3N4O2. The van der Waals surface area contributed by atoms with Crippen LogP contribution in [0.15, 0.2) is 48.5 Å². The Morgan fingerprint density at radius 1 is 1.09 bits per heavy atom. The second-order valence-corrected chi connectivity index (χ2v) is 8.89. The van der Waals surface area contributed by atoms with Crippen LogP contribution in [0.3, 0.4) is 0 Å². The molecule has 1 unspecified atom stereocenters. The quantitative estimate of drug-likeness (QED) is 0.392. The molecule has 1 aliphatic rings. The average Bonchev–Trinajstić information content (AvgIpc) is 3.19. The Labute approximate surface area is 210 Å². The van der Waals surface area contributed by atoms with Crippen molar-refractivity contribution in [1.82, 2.24) is 14.7 Å². The maximum atomic E-state index is 13.6. The summed E-state index contributed by atoms with van der Waals surface area (Å²) in [7, 11) is 1.55. The Hall–Kier alpha value is -2.75. The van der Waals surface area contributed by atoms with Crippen molar-refractivity contribution in [2.75, 3.05) is 38.2 Å². The number of carbonyl (C=O) groups is 1. The molecule has 11 heteroatoms. The van der Waals surface area contributed by atoms with E-state index in [4.69, 9.17) is 27.9 Å². The molecule has 1 aliphatic heterocycles. The predicted molar refractivity (Wildman–Crippen MR) is 129 cm³/mol. The molecule has 0 spiro atoms. The molecule has 2 heterocycles. The molecule has 0 bridgehead atoms. The molecule has 0 radical (unpaired) electrons. The molecule has 3 aromatic rings. The summed E-state index contributed by atoms with van der Waals surface area (Å²) >= 11 is 12.3. The first-order valence-corrected chi connectivity index (χ1v) is 11.6. The van der Waals surface area contributed by atoms with Gasteiger partial charge in [-0.2, -0.15) is 18.3 Å².